The molecule has 0 aliphatic heterocycles. The fraction of sp³-hybridized carbons (Fsp3) is 0.286. The van der Waals surface area contributed by atoms with E-state index in [1.807, 2.05) is 0 Å². The summed E-state index contributed by atoms with van der Waals surface area (Å²) in [6.45, 7) is 1.69. The summed E-state index contributed by atoms with van der Waals surface area (Å²) in [6, 6.07) is 6.97. The molecule has 0 spiro atoms. The molecule has 0 aliphatic carbocycles. The van der Waals surface area contributed by atoms with Crippen molar-refractivity contribution in [3.05, 3.63) is 41.5 Å². The average Bonchev–Trinajstić information content (AvgIpc) is 2.42. The molecule has 1 aromatic rings. The number of rotatable bonds is 6. The van der Waals surface area contributed by atoms with Crippen LogP contribution >= 0.6 is 0 Å². The molecule has 0 saturated heterocycles. The van der Waals surface area contributed by atoms with E-state index in [4.69, 9.17) is 14.6 Å². The van der Waals surface area contributed by atoms with Gasteiger partial charge in [0.25, 0.3) is 0 Å². The minimum atomic E-state index is -1.05. The number of carboxylic acid groups (broad SMARTS) is 1. The van der Waals surface area contributed by atoms with Crippen molar-refractivity contribution < 1.29 is 24.2 Å². The fourth-order valence-corrected chi connectivity index (χ4v) is 1.48. The van der Waals surface area contributed by atoms with Crippen molar-refractivity contribution in [2.75, 3.05) is 7.11 Å². The van der Waals surface area contributed by atoms with Gasteiger partial charge < -0.3 is 14.6 Å². The SMILES string of the molecule is CCC(=O)OC(OC)c1ccccc1/C=C/C(=O)O. The van der Waals surface area contributed by atoms with Crippen LogP contribution in [0.3, 0.4) is 0 Å². The lowest BCUT2D eigenvalue weighted by Gasteiger charge is -2.18. The smallest absolute Gasteiger partial charge is 0.328 e. The molecule has 0 amide bonds. The van der Waals surface area contributed by atoms with E-state index in [1.54, 1.807) is 31.2 Å². The molecule has 1 aromatic carbocycles. The Balaban J connectivity index is 3.02. The Morgan fingerprint density at radius 1 is 1.37 bits per heavy atom. The summed E-state index contributed by atoms with van der Waals surface area (Å²) in [5.41, 5.74) is 1.23. The first-order chi connectivity index (χ1) is 9.08. The Kier molecular flexibility index (Phi) is 5.75. The first-order valence-corrected chi connectivity index (χ1v) is 5.80. The van der Waals surface area contributed by atoms with Gasteiger partial charge in [-0.25, -0.2) is 4.79 Å². The molecule has 5 heteroatoms. The van der Waals surface area contributed by atoms with Crippen LogP contribution in [0.15, 0.2) is 30.3 Å². The van der Waals surface area contributed by atoms with Gasteiger partial charge in [0, 0.05) is 25.2 Å². The summed E-state index contributed by atoms with van der Waals surface area (Å²) in [5, 5.41) is 8.64. The number of hydrogen-bond acceptors (Lipinski definition) is 4. The summed E-state index contributed by atoms with van der Waals surface area (Å²) >= 11 is 0. The Hall–Kier alpha value is -2.14. The van der Waals surface area contributed by atoms with Crippen molar-refractivity contribution in [1.82, 2.24) is 0 Å². The van der Waals surface area contributed by atoms with Gasteiger partial charge in [-0.3, -0.25) is 4.79 Å². The molecule has 0 saturated carbocycles. The van der Waals surface area contributed by atoms with Crippen molar-refractivity contribution >= 4 is 18.0 Å². The van der Waals surface area contributed by atoms with Gasteiger partial charge >= 0.3 is 11.9 Å². The molecule has 0 fully saturated rings. The second-order valence-electron chi connectivity index (χ2n) is 3.71. The Morgan fingerprint density at radius 2 is 2.05 bits per heavy atom. The number of benzene rings is 1. The van der Waals surface area contributed by atoms with Crippen LogP contribution in [0.25, 0.3) is 6.08 Å². The van der Waals surface area contributed by atoms with E-state index >= 15 is 0 Å². The summed E-state index contributed by atoms with van der Waals surface area (Å²) in [5.74, 6) is -1.43. The van der Waals surface area contributed by atoms with E-state index < -0.39 is 12.3 Å². The minimum absolute atomic E-state index is 0.243. The molecule has 19 heavy (non-hydrogen) atoms. The summed E-state index contributed by atoms with van der Waals surface area (Å²) in [7, 11) is 1.42. The van der Waals surface area contributed by atoms with Crippen molar-refractivity contribution in [3.8, 4) is 0 Å². The fourth-order valence-electron chi connectivity index (χ4n) is 1.48. The van der Waals surface area contributed by atoms with Crippen molar-refractivity contribution in [3.63, 3.8) is 0 Å². The molecule has 0 radical (unpaired) electrons. The molecular formula is C14H16O5. The Morgan fingerprint density at radius 3 is 2.63 bits per heavy atom. The zero-order valence-electron chi connectivity index (χ0n) is 10.8. The number of carbonyl (C=O) groups is 2. The second kappa shape index (κ2) is 7.33. The first kappa shape index (κ1) is 14.9. The number of esters is 1. The van der Waals surface area contributed by atoms with Crippen LogP contribution in [-0.2, 0) is 19.1 Å². The molecule has 0 aliphatic rings. The summed E-state index contributed by atoms with van der Waals surface area (Å²) < 4.78 is 10.3. The number of carbonyl (C=O) groups excluding carboxylic acids is 1. The summed E-state index contributed by atoms with van der Waals surface area (Å²) in [6.07, 6.45) is 1.85. The van der Waals surface area contributed by atoms with Crippen LogP contribution in [0.4, 0.5) is 0 Å². The number of carboxylic acids is 1. The Bertz CT molecular complexity index is 478. The molecule has 1 atom stereocenters. The highest BCUT2D eigenvalue weighted by Crippen LogP contribution is 2.23. The van der Waals surface area contributed by atoms with Crippen LogP contribution in [0.2, 0.25) is 0 Å². The zero-order chi connectivity index (χ0) is 14.3. The number of hydrogen-bond donors (Lipinski definition) is 1. The lowest BCUT2D eigenvalue weighted by molar-refractivity contribution is -0.174. The monoisotopic (exact) mass is 264 g/mol. The normalized spacial score (nSPS) is 12.3. The van der Waals surface area contributed by atoms with E-state index in [1.165, 1.54) is 13.2 Å². The molecule has 1 unspecified atom stereocenters. The van der Waals surface area contributed by atoms with Crippen LogP contribution in [0.5, 0.6) is 0 Å². The van der Waals surface area contributed by atoms with Gasteiger partial charge in [-0.15, -0.1) is 0 Å². The van der Waals surface area contributed by atoms with Crippen molar-refractivity contribution in [2.24, 2.45) is 0 Å². The van der Waals surface area contributed by atoms with Gasteiger partial charge in [0.2, 0.25) is 6.29 Å². The Labute approximate surface area is 111 Å². The average molecular weight is 264 g/mol. The van der Waals surface area contributed by atoms with E-state index in [2.05, 4.69) is 0 Å². The third kappa shape index (κ3) is 4.56. The maximum absolute atomic E-state index is 11.3. The quantitative estimate of drug-likeness (QED) is 0.485. The van der Waals surface area contributed by atoms with Gasteiger partial charge in [0.05, 0.1) is 0 Å². The van der Waals surface area contributed by atoms with E-state index in [0.29, 0.717) is 11.1 Å². The van der Waals surface area contributed by atoms with Crippen LogP contribution in [0.1, 0.15) is 30.8 Å². The molecular weight excluding hydrogens is 248 g/mol. The third-order valence-electron chi connectivity index (χ3n) is 2.40. The highest BCUT2D eigenvalue weighted by Gasteiger charge is 2.17. The molecule has 5 nitrogen and oxygen atoms in total. The topological polar surface area (TPSA) is 72.8 Å². The minimum Gasteiger partial charge on any atom is -0.478 e. The molecule has 0 heterocycles. The first-order valence-electron chi connectivity index (χ1n) is 5.80. The highest BCUT2D eigenvalue weighted by atomic mass is 16.7. The van der Waals surface area contributed by atoms with Crippen molar-refractivity contribution in [1.29, 1.82) is 0 Å². The number of ether oxygens (including phenoxy) is 2. The predicted octanol–water partition coefficient (Wildman–Crippen LogP) is 2.38. The van der Waals surface area contributed by atoms with Gasteiger partial charge in [-0.05, 0) is 11.6 Å². The van der Waals surface area contributed by atoms with Gasteiger partial charge in [-0.2, -0.15) is 0 Å². The standard InChI is InChI=1S/C14H16O5/c1-3-13(17)19-14(18-2)11-7-5-4-6-10(11)8-9-12(15)16/h4-9,14H,3H2,1-2H3,(H,15,16)/b9-8+. The maximum Gasteiger partial charge on any atom is 0.328 e. The van der Waals surface area contributed by atoms with Crippen molar-refractivity contribution in [2.45, 2.75) is 19.6 Å². The second-order valence-corrected chi connectivity index (χ2v) is 3.71. The van der Waals surface area contributed by atoms with Gasteiger partial charge in [-0.1, -0.05) is 31.2 Å². The highest BCUT2D eigenvalue weighted by molar-refractivity contribution is 5.85. The van der Waals surface area contributed by atoms with Gasteiger partial charge in [0.15, 0.2) is 0 Å². The predicted molar refractivity (Wildman–Crippen MR) is 69.2 cm³/mol. The summed E-state index contributed by atoms with van der Waals surface area (Å²) in [4.78, 5) is 21.9. The van der Waals surface area contributed by atoms with Crippen LogP contribution in [0, 0.1) is 0 Å². The third-order valence-corrected chi connectivity index (χ3v) is 2.40. The lowest BCUT2D eigenvalue weighted by atomic mass is 10.1. The van der Waals surface area contributed by atoms with Crippen LogP contribution < -0.4 is 0 Å². The largest absolute Gasteiger partial charge is 0.478 e. The number of aliphatic carboxylic acids is 1. The van der Waals surface area contributed by atoms with E-state index in [-0.39, 0.29) is 12.4 Å². The molecule has 102 valence electrons. The molecule has 1 N–H and O–H groups in total. The molecule has 0 aromatic heterocycles. The van der Waals surface area contributed by atoms with E-state index in [9.17, 15) is 9.59 Å². The molecule has 1 rings (SSSR count). The number of methoxy groups -OCH3 is 1. The lowest BCUT2D eigenvalue weighted by Crippen LogP contribution is -2.13. The maximum atomic E-state index is 11.3. The van der Waals surface area contributed by atoms with Gasteiger partial charge in [0.1, 0.15) is 0 Å². The zero-order valence-corrected chi connectivity index (χ0v) is 10.8. The molecule has 0 bridgehead atoms. The van der Waals surface area contributed by atoms with Crippen LogP contribution in [-0.4, -0.2) is 24.2 Å². The van der Waals surface area contributed by atoms with E-state index in [0.717, 1.165) is 6.08 Å².